The molecule has 0 saturated heterocycles. The number of hydrogen-bond acceptors (Lipinski definition) is 0. The van der Waals surface area contributed by atoms with E-state index in [9.17, 15) is 0 Å². The molecule has 1 aromatic heterocycles. The van der Waals surface area contributed by atoms with Crippen LogP contribution in [0, 0.1) is 6.07 Å². The Labute approximate surface area is 66.1 Å². The maximum absolute atomic E-state index is 3.21. The lowest BCUT2D eigenvalue weighted by Gasteiger charge is -1.96. The van der Waals surface area contributed by atoms with Crippen LogP contribution in [0.25, 0.3) is 10.9 Å². The van der Waals surface area contributed by atoms with Crippen molar-refractivity contribution in [1.29, 1.82) is 0 Å². The molecule has 1 heteroatoms. The molecular weight excluding hydrogens is 134 g/mol. The van der Waals surface area contributed by atoms with Crippen LogP contribution in [0.5, 0.6) is 0 Å². The number of nitrogens with one attached hydrogen (secondary N) is 1. The molecule has 11 heavy (non-hydrogen) atoms. The Kier molecular flexibility index (Phi) is 1.42. The highest BCUT2D eigenvalue weighted by Crippen LogP contribution is 2.16. The molecule has 1 N–H and O–H groups in total. The summed E-state index contributed by atoms with van der Waals surface area (Å²) in [5, 5.41) is 1.18. The zero-order valence-electron chi connectivity index (χ0n) is 6.52. The predicted molar refractivity (Wildman–Crippen MR) is 46.5 cm³/mol. The van der Waals surface area contributed by atoms with Crippen molar-refractivity contribution in [2.75, 3.05) is 0 Å². The molecule has 1 nitrogen and oxygen atoms in total. The third kappa shape index (κ3) is 0.929. The van der Waals surface area contributed by atoms with Crippen LogP contribution in [0.2, 0.25) is 0 Å². The highest BCUT2D eigenvalue weighted by atomic mass is 14.7. The van der Waals surface area contributed by atoms with Crippen LogP contribution in [0.1, 0.15) is 12.5 Å². The van der Waals surface area contributed by atoms with Gasteiger partial charge in [-0.3, -0.25) is 0 Å². The lowest BCUT2D eigenvalue weighted by molar-refractivity contribution is 1.15. The number of aromatic amines is 1. The smallest absolute Gasteiger partial charge is 0.0492 e. The van der Waals surface area contributed by atoms with Gasteiger partial charge in [-0.2, -0.15) is 0 Å². The number of aromatic nitrogens is 1. The Morgan fingerprint density at radius 1 is 1.45 bits per heavy atom. The third-order valence-electron chi connectivity index (χ3n) is 1.97. The third-order valence-corrected chi connectivity index (χ3v) is 1.97. The van der Waals surface area contributed by atoms with Crippen molar-refractivity contribution >= 4 is 10.9 Å². The van der Waals surface area contributed by atoms with E-state index < -0.39 is 0 Å². The van der Waals surface area contributed by atoms with E-state index in [-0.39, 0.29) is 0 Å². The van der Waals surface area contributed by atoms with Crippen molar-refractivity contribution in [2.45, 2.75) is 13.3 Å². The molecule has 0 bridgehead atoms. The van der Waals surface area contributed by atoms with Gasteiger partial charge in [-0.1, -0.05) is 19.1 Å². The fourth-order valence-electron chi connectivity index (χ4n) is 1.37. The molecule has 0 saturated carbocycles. The van der Waals surface area contributed by atoms with Gasteiger partial charge in [0.1, 0.15) is 0 Å². The molecule has 0 spiro atoms. The SMILES string of the molecule is CCc1cc[c]c2cc[nH]c12. The first-order valence-electron chi connectivity index (χ1n) is 3.88. The molecule has 2 aromatic rings. The van der Waals surface area contributed by atoms with Gasteiger partial charge in [0.2, 0.25) is 0 Å². The van der Waals surface area contributed by atoms with Gasteiger partial charge >= 0.3 is 0 Å². The van der Waals surface area contributed by atoms with Gasteiger partial charge in [0.05, 0.1) is 0 Å². The van der Waals surface area contributed by atoms with E-state index in [0.29, 0.717) is 0 Å². The summed E-state index contributed by atoms with van der Waals surface area (Å²) in [6, 6.07) is 9.32. The van der Waals surface area contributed by atoms with Crippen molar-refractivity contribution in [3.05, 3.63) is 36.0 Å². The van der Waals surface area contributed by atoms with Gasteiger partial charge in [0, 0.05) is 17.1 Å². The number of fused-ring (bicyclic) bond motifs is 1. The summed E-state index contributed by atoms with van der Waals surface area (Å²) in [5.74, 6) is 0. The van der Waals surface area contributed by atoms with Crippen molar-refractivity contribution in [1.82, 2.24) is 4.98 Å². The fourth-order valence-corrected chi connectivity index (χ4v) is 1.37. The normalized spacial score (nSPS) is 10.6. The number of rotatable bonds is 1. The van der Waals surface area contributed by atoms with Gasteiger partial charge in [-0.15, -0.1) is 0 Å². The minimum absolute atomic E-state index is 1.08. The van der Waals surface area contributed by atoms with Crippen LogP contribution in [-0.2, 0) is 6.42 Å². The van der Waals surface area contributed by atoms with Crippen LogP contribution < -0.4 is 0 Å². The zero-order valence-corrected chi connectivity index (χ0v) is 6.52. The summed E-state index contributed by atoms with van der Waals surface area (Å²) in [6.45, 7) is 2.16. The van der Waals surface area contributed by atoms with Crippen molar-refractivity contribution in [3.8, 4) is 0 Å². The number of benzene rings is 1. The molecule has 1 aromatic carbocycles. The summed E-state index contributed by atoms with van der Waals surface area (Å²) < 4.78 is 0. The van der Waals surface area contributed by atoms with E-state index in [4.69, 9.17) is 0 Å². The van der Waals surface area contributed by atoms with Gasteiger partial charge in [-0.25, -0.2) is 0 Å². The summed E-state index contributed by atoms with van der Waals surface area (Å²) in [6.07, 6.45) is 3.03. The fraction of sp³-hybridized carbons (Fsp3) is 0.200. The first-order chi connectivity index (χ1) is 5.42. The van der Waals surface area contributed by atoms with Gasteiger partial charge in [0.25, 0.3) is 0 Å². The molecule has 1 heterocycles. The molecule has 0 fully saturated rings. The second kappa shape index (κ2) is 2.42. The van der Waals surface area contributed by atoms with Gasteiger partial charge in [-0.05, 0) is 24.1 Å². The molecule has 1 radical (unpaired) electrons. The second-order valence-electron chi connectivity index (χ2n) is 2.62. The predicted octanol–water partition coefficient (Wildman–Crippen LogP) is 2.53. The lowest BCUT2D eigenvalue weighted by Crippen LogP contribution is -1.80. The first-order valence-corrected chi connectivity index (χ1v) is 3.88. The van der Waals surface area contributed by atoms with E-state index in [1.807, 2.05) is 12.3 Å². The van der Waals surface area contributed by atoms with Gasteiger partial charge in [0.15, 0.2) is 0 Å². The largest absolute Gasteiger partial charge is 0.361 e. The van der Waals surface area contributed by atoms with E-state index in [0.717, 1.165) is 6.42 Å². The molecule has 0 amide bonds. The van der Waals surface area contributed by atoms with E-state index in [2.05, 4.69) is 30.1 Å². The highest BCUT2D eigenvalue weighted by Gasteiger charge is 1.97. The molecule has 55 valence electrons. The summed E-state index contributed by atoms with van der Waals surface area (Å²) in [5.41, 5.74) is 2.60. The average Bonchev–Trinajstić information content (AvgIpc) is 2.50. The van der Waals surface area contributed by atoms with E-state index >= 15 is 0 Å². The standard InChI is InChI=1S/C10H10N/c1-2-8-4-3-5-9-6-7-11-10(8)9/h3-4,6-7,11H,2H2,1H3. The van der Waals surface area contributed by atoms with Crippen LogP contribution >= 0.6 is 0 Å². The lowest BCUT2D eigenvalue weighted by atomic mass is 10.1. The second-order valence-corrected chi connectivity index (χ2v) is 2.62. The van der Waals surface area contributed by atoms with Crippen LogP contribution in [0.15, 0.2) is 24.4 Å². The molecule has 2 rings (SSSR count). The van der Waals surface area contributed by atoms with E-state index in [1.54, 1.807) is 0 Å². The van der Waals surface area contributed by atoms with Crippen molar-refractivity contribution in [2.24, 2.45) is 0 Å². The van der Waals surface area contributed by atoms with Crippen LogP contribution in [0.3, 0.4) is 0 Å². The molecule has 0 aliphatic rings. The van der Waals surface area contributed by atoms with Crippen molar-refractivity contribution in [3.63, 3.8) is 0 Å². The Balaban J connectivity index is 2.79. The minimum Gasteiger partial charge on any atom is -0.361 e. The topological polar surface area (TPSA) is 15.8 Å². The highest BCUT2D eigenvalue weighted by molar-refractivity contribution is 5.81. The molecule has 0 aliphatic heterocycles. The average molecular weight is 144 g/mol. The maximum atomic E-state index is 3.21. The number of aryl methyl sites for hydroxylation is 1. The monoisotopic (exact) mass is 144 g/mol. The Morgan fingerprint density at radius 2 is 2.36 bits per heavy atom. The number of H-pyrrole nitrogens is 1. The van der Waals surface area contributed by atoms with Crippen LogP contribution in [0.4, 0.5) is 0 Å². The molecule has 0 unspecified atom stereocenters. The van der Waals surface area contributed by atoms with Gasteiger partial charge < -0.3 is 4.98 Å². The summed E-state index contributed by atoms with van der Waals surface area (Å²) >= 11 is 0. The molecular formula is C10H10N. The number of hydrogen-bond donors (Lipinski definition) is 1. The van der Waals surface area contributed by atoms with Crippen molar-refractivity contribution < 1.29 is 0 Å². The van der Waals surface area contributed by atoms with E-state index in [1.165, 1.54) is 16.5 Å². The van der Waals surface area contributed by atoms with Crippen LogP contribution in [-0.4, -0.2) is 4.98 Å². The quantitative estimate of drug-likeness (QED) is 0.633. The zero-order chi connectivity index (χ0) is 7.68. The maximum Gasteiger partial charge on any atom is 0.0492 e. The molecule has 0 atom stereocenters. The summed E-state index contributed by atoms with van der Waals surface area (Å²) in [7, 11) is 0. The Bertz CT molecular complexity index is 360. The first kappa shape index (κ1) is 6.47. The Hall–Kier alpha value is -1.24. The summed E-state index contributed by atoms with van der Waals surface area (Å²) in [4.78, 5) is 3.21. The Morgan fingerprint density at radius 3 is 3.18 bits per heavy atom. The molecule has 0 aliphatic carbocycles. The minimum atomic E-state index is 1.08.